The Labute approximate surface area is 96.8 Å². The maximum absolute atomic E-state index is 5.61. The average molecular weight is 221 g/mol. The molecule has 2 rings (SSSR count). The molecule has 0 saturated carbocycles. The van der Waals surface area contributed by atoms with Gasteiger partial charge in [0.1, 0.15) is 5.75 Å². The van der Waals surface area contributed by atoms with E-state index < -0.39 is 0 Å². The Morgan fingerprint density at radius 3 is 2.56 bits per heavy atom. The SMILES string of the molecule is COc1ccc(C2COCC(C)(C)N2)cc1. The molecule has 1 saturated heterocycles. The van der Waals surface area contributed by atoms with Crippen molar-refractivity contribution in [2.45, 2.75) is 25.4 Å². The average Bonchev–Trinajstić information content (AvgIpc) is 2.28. The molecule has 0 spiro atoms. The third-order valence-corrected chi connectivity index (χ3v) is 2.83. The largest absolute Gasteiger partial charge is 0.497 e. The van der Waals surface area contributed by atoms with Gasteiger partial charge in [0.05, 0.1) is 26.4 Å². The highest BCUT2D eigenvalue weighted by atomic mass is 16.5. The van der Waals surface area contributed by atoms with E-state index >= 15 is 0 Å². The molecule has 1 unspecified atom stereocenters. The molecule has 3 nitrogen and oxygen atoms in total. The van der Waals surface area contributed by atoms with E-state index in [1.807, 2.05) is 12.1 Å². The van der Waals surface area contributed by atoms with Crippen LogP contribution >= 0.6 is 0 Å². The minimum Gasteiger partial charge on any atom is -0.497 e. The molecule has 1 aromatic rings. The molecule has 0 aliphatic carbocycles. The fourth-order valence-electron chi connectivity index (χ4n) is 2.00. The number of morpholine rings is 1. The molecule has 0 aromatic heterocycles. The van der Waals surface area contributed by atoms with Crippen molar-refractivity contribution in [2.24, 2.45) is 0 Å². The lowest BCUT2D eigenvalue weighted by molar-refractivity contribution is 0.0127. The number of methoxy groups -OCH3 is 1. The van der Waals surface area contributed by atoms with Crippen molar-refractivity contribution >= 4 is 0 Å². The molecule has 16 heavy (non-hydrogen) atoms. The fourth-order valence-corrected chi connectivity index (χ4v) is 2.00. The van der Waals surface area contributed by atoms with Gasteiger partial charge in [0.15, 0.2) is 0 Å². The smallest absolute Gasteiger partial charge is 0.118 e. The van der Waals surface area contributed by atoms with Gasteiger partial charge in [-0.15, -0.1) is 0 Å². The molecule has 1 aliphatic heterocycles. The van der Waals surface area contributed by atoms with E-state index in [0.29, 0.717) is 0 Å². The molecule has 0 radical (unpaired) electrons. The summed E-state index contributed by atoms with van der Waals surface area (Å²) in [5.41, 5.74) is 1.29. The highest BCUT2D eigenvalue weighted by molar-refractivity contribution is 5.29. The van der Waals surface area contributed by atoms with Crippen molar-refractivity contribution in [1.29, 1.82) is 0 Å². The van der Waals surface area contributed by atoms with Crippen LogP contribution in [0.4, 0.5) is 0 Å². The lowest BCUT2D eigenvalue weighted by atomic mass is 9.99. The van der Waals surface area contributed by atoms with E-state index in [1.54, 1.807) is 7.11 Å². The Morgan fingerprint density at radius 1 is 1.31 bits per heavy atom. The summed E-state index contributed by atoms with van der Waals surface area (Å²) in [7, 11) is 1.68. The van der Waals surface area contributed by atoms with Crippen LogP contribution in [0.15, 0.2) is 24.3 Å². The van der Waals surface area contributed by atoms with Crippen LogP contribution in [0.2, 0.25) is 0 Å². The van der Waals surface area contributed by atoms with Gasteiger partial charge < -0.3 is 14.8 Å². The summed E-state index contributed by atoms with van der Waals surface area (Å²) in [4.78, 5) is 0. The first-order valence-corrected chi connectivity index (χ1v) is 5.60. The monoisotopic (exact) mass is 221 g/mol. The topological polar surface area (TPSA) is 30.5 Å². The van der Waals surface area contributed by atoms with E-state index in [4.69, 9.17) is 9.47 Å². The van der Waals surface area contributed by atoms with Crippen LogP contribution in [-0.2, 0) is 4.74 Å². The van der Waals surface area contributed by atoms with Crippen LogP contribution in [0.25, 0.3) is 0 Å². The number of ether oxygens (including phenoxy) is 2. The van der Waals surface area contributed by atoms with Gasteiger partial charge in [-0.25, -0.2) is 0 Å². The summed E-state index contributed by atoms with van der Waals surface area (Å²) in [6, 6.07) is 8.41. The third-order valence-electron chi connectivity index (χ3n) is 2.83. The van der Waals surface area contributed by atoms with Gasteiger partial charge in [0.2, 0.25) is 0 Å². The van der Waals surface area contributed by atoms with Gasteiger partial charge in [-0.05, 0) is 31.5 Å². The van der Waals surface area contributed by atoms with Gasteiger partial charge >= 0.3 is 0 Å². The minimum absolute atomic E-state index is 0.0445. The molecule has 1 aromatic carbocycles. The maximum Gasteiger partial charge on any atom is 0.118 e. The van der Waals surface area contributed by atoms with Crippen molar-refractivity contribution in [1.82, 2.24) is 5.32 Å². The second kappa shape index (κ2) is 4.44. The van der Waals surface area contributed by atoms with Gasteiger partial charge in [0, 0.05) is 5.54 Å². The zero-order chi connectivity index (χ0) is 11.6. The Hall–Kier alpha value is -1.06. The summed E-state index contributed by atoms with van der Waals surface area (Å²) in [5, 5.41) is 3.58. The summed E-state index contributed by atoms with van der Waals surface area (Å²) >= 11 is 0. The Bertz CT molecular complexity index is 345. The summed E-state index contributed by atoms with van der Waals surface area (Å²) < 4.78 is 10.8. The number of hydrogen-bond acceptors (Lipinski definition) is 3. The zero-order valence-electron chi connectivity index (χ0n) is 10.1. The molecular formula is C13H19NO2. The van der Waals surface area contributed by atoms with Crippen molar-refractivity contribution in [3.05, 3.63) is 29.8 Å². The number of hydrogen-bond donors (Lipinski definition) is 1. The molecule has 1 aliphatic rings. The first kappa shape index (κ1) is 11.4. The molecule has 1 atom stereocenters. The van der Waals surface area contributed by atoms with Crippen LogP contribution in [0.5, 0.6) is 5.75 Å². The Balaban J connectivity index is 2.11. The third kappa shape index (κ3) is 2.54. The molecule has 1 heterocycles. The van der Waals surface area contributed by atoms with E-state index in [2.05, 4.69) is 31.3 Å². The zero-order valence-corrected chi connectivity index (χ0v) is 10.1. The van der Waals surface area contributed by atoms with Crippen molar-refractivity contribution in [3.8, 4) is 5.75 Å². The number of benzene rings is 1. The summed E-state index contributed by atoms with van der Waals surface area (Å²) in [6.45, 7) is 5.81. The molecule has 0 amide bonds. The van der Waals surface area contributed by atoms with Crippen molar-refractivity contribution < 1.29 is 9.47 Å². The Kier molecular flexibility index (Phi) is 3.17. The standard InChI is InChI=1S/C13H19NO2/c1-13(2)9-16-8-12(14-13)10-4-6-11(15-3)7-5-10/h4-7,12,14H,8-9H2,1-3H3. The van der Waals surface area contributed by atoms with Crippen molar-refractivity contribution in [2.75, 3.05) is 20.3 Å². The van der Waals surface area contributed by atoms with Crippen LogP contribution in [0, 0.1) is 0 Å². The van der Waals surface area contributed by atoms with Gasteiger partial charge in [0.25, 0.3) is 0 Å². The summed E-state index contributed by atoms with van der Waals surface area (Å²) in [6.07, 6.45) is 0. The number of rotatable bonds is 2. The van der Waals surface area contributed by atoms with E-state index in [0.717, 1.165) is 19.0 Å². The minimum atomic E-state index is 0.0445. The first-order valence-electron chi connectivity index (χ1n) is 5.60. The van der Waals surface area contributed by atoms with Crippen LogP contribution < -0.4 is 10.1 Å². The molecule has 1 N–H and O–H groups in total. The molecular weight excluding hydrogens is 202 g/mol. The quantitative estimate of drug-likeness (QED) is 0.830. The fraction of sp³-hybridized carbons (Fsp3) is 0.538. The van der Waals surface area contributed by atoms with Gasteiger partial charge in [-0.2, -0.15) is 0 Å². The molecule has 1 fully saturated rings. The van der Waals surface area contributed by atoms with Crippen molar-refractivity contribution in [3.63, 3.8) is 0 Å². The van der Waals surface area contributed by atoms with Gasteiger partial charge in [-0.1, -0.05) is 12.1 Å². The predicted molar refractivity (Wildman–Crippen MR) is 63.8 cm³/mol. The first-order chi connectivity index (χ1) is 7.61. The molecule has 3 heteroatoms. The molecule has 0 bridgehead atoms. The summed E-state index contributed by atoms with van der Waals surface area (Å²) in [5.74, 6) is 0.889. The second-order valence-corrected chi connectivity index (χ2v) is 4.87. The predicted octanol–water partition coefficient (Wildman–Crippen LogP) is 2.13. The molecule has 88 valence electrons. The second-order valence-electron chi connectivity index (χ2n) is 4.87. The van der Waals surface area contributed by atoms with E-state index in [9.17, 15) is 0 Å². The highest BCUT2D eigenvalue weighted by Gasteiger charge is 2.28. The van der Waals surface area contributed by atoms with Crippen LogP contribution in [0.3, 0.4) is 0 Å². The normalized spacial score (nSPS) is 24.1. The lowest BCUT2D eigenvalue weighted by Crippen LogP contribution is -2.51. The van der Waals surface area contributed by atoms with Crippen LogP contribution in [0.1, 0.15) is 25.5 Å². The van der Waals surface area contributed by atoms with E-state index in [1.165, 1.54) is 5.56 Å². The maximum atomic E-state index is 5.61. The van der Waals surface area contributed by atoms with E-state index in [-0.39, 0.29) is 11.6 Å². The highest BCUT2D eigenvalue weighted by Crippen LogP contribution is 2.23. The Morgan fingerprint density at radius 2 is 2.00 bits per heavy atom. The lowest BCUT2D eigenvalue weighted by Gasteiger charge is -2.37. The van der Waals surface area contributed by atoms with Gasteiger partial charge in [-0.3, -0.25) is 0 Å². The van der Waals surface area contributed by atoms with Crippen LogP contribution in [-0.4, -0.2) is 25.9 Å². The number of nitrogens with one attached hydrogen (secondary N) is 1.